The number of nitrogens with one attached hydrogen (secondary N) is 2. The van der Waals surface area contributed by atoms with E-state index in [2.05, 4.69) is 17.2 Å². The Morgan fingerprint density at radius 2 is 2.06 bits per heavy atom. The van der Waals surface area contributed by atoms with E-state index in [1.807, 2.05) is 0 Å². The van der Waals surface area contributed by atoms with Gasteiger partial charge in [-0.1, -0.05) is 6.58 Å². The Labute approximate surface area is 98.5 Å². The molecule has 0 aliphatic carbocycles. The van der Waals surface area contributed by atoms with Gasteiger partial charge in [0, 0.05) is 6.04 Å². The van der Waals surface area contributed by atoms with Gasteiger partial charge in [-0.15, -0.1) is 0 Å². The molecule has 0 aromatic heterocycles. The van der Waals surface area contributed by atoms with Crippen molar-refractivity contribution in [2.24, 2.45) is 0 Å². The third-order valence-corrected chi connectivity index (χ3v) is 1.97. The zero-order chi connectivity index (χ0) is 13.0. The maximum atomic E-state index is 13.6. The van der Waals surface area contributed by atoms with Gasteiger partial charge >= 0.3 is 0 Å². The summed E-state index contributed by atoms with van der Waals surface area (Å²) in [5.41, 5.74) is 0.123. The monoisotopic (exact) mass is 240 g/mol. The van der Waals surface area contributed by atoms with Crippen molar-refractivity contribution in [3.63, 3.8) is 0 Å². The van der Waals surface area contributed by atoms with E-state index in [-0.39, 0.29) is 17.4 Å². The van der Waals surface area contributed by atoms with Crippen molar-refractivity contribution >= 4 is 17.3 Å². The van der Waals surface area contributed by atoms with Crippen LogP contribution in [-0.2, 0) is 4.79 Å². The Bertz CT molecular complexity index is 444. The van der Waals surface area contributed by atoms with Gasteiger partial charge in [0.2, 0.25) is 5.91 Å². The second-order valence-electron chi connectivity index (χ2n) is 3.78. The van der Waals surface area contributed by atoms with Crippen molar-refractivity contribution in [2.75, 3.05) is 10.6 Å². The minimum Gasteiger partial charge on any atom is -0.379 e. The highest BCUT2D eigenvalue weighted by Gasteiger charge is 2.15. The molecule has 1 amide bonds. The number of hydrogen-bond acceptors (Lipinski definition) is 2. The Hall–Kier alpha value is -1.91. The molecule has 92 valence electrons. The lowest BCUT2D eigenvalue weighted by Crippen LogP contribution is -2.16. The molecular formula is C12H14F2N2O. The predicted molar refractivity (Wildman–Crippen MR) is 63.9 cm³/mol. The summed E-state index contributed by atoms with van der Waals surface area (Å²) in [6.07, 6.45) is 1.06. The van der Waals surface area contributed by atoms with E-state index in [4.69, 9.17) is 0 Å². The molecule has 2 N–H and O–H groups in total. The van der Waals surface area contributed by atoms with Crippen LogP contribution >= 0.6 is 0 Å². The van der Waals surface area contributed by atoms with Crippen LogP contribution in [0.25, 0.3) is 0 Å². The second kappa shape index (κ2) is 5.43. The summed E-state index contributed by atoms with van der Waals surface area (Å²) in [6.45, 7) is 6.85. The number of carbonyl (C=O) groups excluding carboxylic acids is 1. The zero-order valence-corrected chi connectivity index (χ0v) is 9.68. The summed E-state index contributed by atoms with van der Waals surface area (Å²) in [5.74, 6) is -2.46. The van der Waals surface area contributed by atoms with Crippen molar-refractivity contribution < 1.29 is 13.6 Å². The number of carbonyl (C=O) groups is 1. The first-order valence-corrected chi connectivity index (χ1v) is 5.13. The summed E-state index contributed by atoms with van der Waals surface area (Å²) < 4.78 is 26.6. The van der Waals surface area contributed by atoms with Crippen LogP contribution < -0.4 is 10.6 Å². The summed E-state index contributed by atoms with van der Waals surface area (Å²) >= 11 is 0. The van der Waals surface area contributed by atoms with Gasteiger partial charge in [-0.2, -0.15) is 0 Å². The van der Waals surface area contributed by atoms with Crippen LogP contribution in [0.3, 0.4) is 0 Å². The Balaban J connectivity index is 3.15. The standard InChI is InChI=1S/C12H14F2N2O/c1-4-10(17)16-9-6-5-8(13)11(14)12(9)15-7(2)3/h4-7,15H,1H2,2-3H3,(H,16,17). The van der Waals surface area contributed by atoms with Gasteiger partial charge in [-0.25, -0.2) is 8.78 Å². The summed E-state index contributed by atoms with van der Waals surface area (Å²) in [4.78, 5) is 11.1. The van der Waals surface area contributed by atoms with Crippen molar-refractivity contribution in [2.45, 2.75) is 19.9 Å². The molecule has 5 heteroatoms. The number of rotatable bonds is 4. The number of halogens is 2. The van der Waals surface area contributed by atoms with Crippen LogP contribution in [0.4, 0.5) is 20.2 Å². The van der Waals surface area contributed by atoms with Crippen LogP contribution in [0, 0.1) is 11.6 Å². The van der Waals surface area contributed by atoms with Crippen molar-refractivity contribution in [1.29, 1.82) is 0 Å². The molecule has 0 spiro atoms. The van der Waals surface area contributed by atoms with Crippen LogP contribution in [0.15, 0.2) is 24.8 Å². The average Bonchev–Trinajstić information content (AvgIpc) is 2.28. The zero-order valence-electron chi connectivity index (χ0n) is 9.68. The maximum absolute atomic E-state index is 13.6. The number of anilines is 2. The lowest BCUT2D eigenvalue weighted by molar-refractivity contribution is -0.111. The van der Waals surface area contributed by atoms with Gasteiger partial charge in [0.15, 0.2) is 11.6 Å². The van der Waals surface area contributed by atoms with Crippen LogP contribution in [0.2, 0.25) is 0 Å². The molecule has 3 nitrogen and oxygen atoms in total. The molecule has 0 saturated heterocycles. The molecule has 17 heavy (non-hydrogen) atoms. The van der Waals surface area contributed by atoms with Crippen LogP contribution in [0.5, 0.6) is 0 Å². The highest BCUT2D eigenvalue weighted by molar-refractivity contribution is 6.01. The van der Waals surface area contributed by atoms with E-state index in [9.17, 15) is 13.6 Å². The van der Waals surface area contributed by atoms with E-state index >= 15 is 0 Å². The summed E-state index contributed by atoms with van der Waals surface area (Å²) in [6, 6.07) is 2.16. The maximum Gasteiger partial charge on any atom is 0.247 e. The van der Waals surface area contributed by atoms with Gasteiger partial charge in [-0.05, 0) is 32.1 Å². The largest absolute Gasteiger partial charge is 0.379 e. The number of hydrogen-bond donors (Lipinski definition) is 2. The lowest BCUT2D eigenvalue weighted by atomic mass is 10.2. The molecule has 0 aliphatic rings. The second-order valence-corrected chi connectivity index (χ2v) is 3.78. The van der Waals surface area contributed by atoms with Crippen molar-refractivity contribution in [1.82, 2.24) is 0 Å². The minimum absolute atomic E-state index is 0.0600. The van der Waals surface area contributed by atoms with Gasteiger partial charge in [0.1, 0.15) is 0 Å². The minimum atomic E-state index is -1.01. The molecular weight excluding hydrogens is 226 g/mol. The van der Waals surface area contributed by atoms with Crippen LogP contribution in [0.1, 0.15) is 13.8 Å². The quantitative estimate of drug-likeness (QED) is 0.794. The molecule has 1 aromatic rings. The normalized spacial score (nSPS) is 10.2. The van der Waals surface area contributed by atoms with Gasteiger partial charge < -0.3 is 10.6 Å². The van der Waals surface area contributed by atoms with E-state index in [1.54, 1.807) is 13.8 Å². The highest BCUT2D eigenvalue weighted by atomic mass is 19.2. The first kappa shape index (κ1) is 13.2. The van der Waals surface area contributed by atoms with E-state index in [1.165, 1.54) is 6.07 Å². The predicted octanol–water partition coefficient (Wildman–Crippen LogP) is 2.91. The number of benzene rings is 1. The molecule has 0 bridgehead atoms. The number of amides is 1. The summed E-state index contributed by atoms with van der Waals surface area (Å²) in [5, 5.41) is 5.16. The van der Waals surface area contributed by atoms with Gasteiger partial charge in [0.25, 0.3) is 0 Å². The Morgan fingerprint density at radius 1 is 1.41 bits per heavy atom. The molecule has 0 unspecified atom stereocenters. The molecule has 0 atom stereocenters. The molecule has 1 aromatic carbocycles. The van der Waals surface area contributed by atoms with Gasteiger partial charge in [-0.3, -0.25) is 4.79 Å². The van der Waals surface area contributed by atoms with E-state index < -0.39 is 17.5 Å². The van der Waals surface area contributed by atoms with E-state index in [0.29, 0.717) is 0 Å². The van der Waals surface area contributed by atoms with Crippen molar-refractivity contribution in [3.05, 3.63) is 36.4 Å². The third-order valence-electron chi connectivity index (χ3n) is 1.97. The molecule has 0 heterocycles. The average molecular weight is 240 g/mol. The topological polar surface area (TPSA) is 41.1 Å². The highest BCUT2D eigenvalue weighted by Crippen LogP contribution is 2.27. The molecule has 0 saturated carbocycles. The first-order valence-electron chi connectivity index (χ1n) is 5.13. The summed E-state index contributed by atoms with van der Waals surface area (Å²) in [7, 11) is 0. The van der Waals surface area contributed by atoms with Crippen molar-refractivity contribution in [3.8, 4) is 0 Å². The lowest BCUT2D eigenvalue weighted by Gasteiger charge is -2.16. The molecule has 0 aliphatic heterocycles. The molecule has 0 fully saturated rings. The Morgan fingerprint density at radius 3 is 2.59 bits per heavy atom. The SMILES string of the molecule is C=CC(=O)Nc1ccc(F)c(F)c1NC(C)C. The van der Waals surface area contributed by atoms with Crippen LogP contribution in [-0.4, -0.2) is 11.9 Å². The van der Waals surface area contributed by atoms with E-state index in [0.717, 1.165) is 12.1 Å². The fraction of sp³-hybridized carbons (Fsp3) is 0.250. The third kappa shape index (κ3) is 3.27. The molecule has 0 radical (unpaired) electrons. The Kier molecular flexibility index (Phi) is 4.20. The first-order chi connectivity index (χ1) is 7.95. The fourth-order valence-electron chi connectivity index (χ4n) is 1.27. The van der Waals surface area contributed by atoms with Gasteiger partial charge in [0.05, 0.1) is 11.4 Å². The fourth-order valence-corrected chi connectivity index (χ4v) is 1.27. The smallest absolute Gasteiger partial charge is 0.247 e. The molecule has 1 rings (SSSR count).